The Balaban J connectivity index is 2.01. The van der Waals surface area contributed by atoms with E-state index in [-0.39, 0.29) is 17.8 Å². The highest BCUT2D eigenvalue weighted by atomic mass is 16.5. The van der Waals surface area contributed by atoms with Crippen LogP contribution in [-0.4, -0.2) is 18.2 Å². The van der Waals surface area contributed by atoms with Crippen LogP contribution in [0.4, 0.5) is 0 Å². The molecular formula is C18H18O3. The topological polar surface area (TPSA) is 46.5 Å². The summed E-state index contributed by atoms with van der Waals surface area (Å²) in [5, 5.41) is 11.1. The minimum absolute atomic E-state index is 0.260. The van der Waals surface area contributed by atoms with Gasteiger partial charge in [0.2, 0.25) is 0 Å². The van der Waals surface area contributed by atoms with E-state index in [4.69, 9.17) is 4.74 Å². The molecule has 3 heteroatoms. The van der Waals surface area contributed by atoms with Gasteiger partial charge in [0.1, 0.15) is 0 Å². The van der Waals surface area contributed by atoms with Gasteiger partial charge < -0.3 is 9.84 Å². The normalized spacial score (nSPS) is 27.7. The standard InChI is InChI=1S/C18H18O3/c1-21-17(19)15-12-18(20,14-10-6-3-7-11-14)16(15)13-8-4-2-5-9-13/h2-11,15-16,20H,12H2,1H3/t15-,16+,18+/m0/s1. The minimum atomic E-state index is -1.01. The van der Waals surface area contributed by atoms with Crippen molar-refractivity contribution >= 4 is 5.97 Å². The van der Waals surface area contributed by atoms with E-state index in [1.807, 2.05) is 60.7 Å². The van der Waals surface area contributed by atoms with Gasteiger partial charge in [0.05, 0.1) is 18.6 Å². The Bertz CT molecular complexity index is 623. The maximum atomic E-state index is 12.0. The third-order valence-corrected chi connectivity index (χ3v) is 4.38. The second-order valence-electron chi connectivity index (χ2n) is 5.51. The lowest BCUT2D eigenvalue weighted by Crippen LogP contribution is -2.52. The van der Waals surface area contributed by atoms with Crippen LogP contribution in [0.5, 0.6) is 0 Å². The number of benzene rings is 2. The van der Waals surface area contributed by atoms with Gasteiger partial charge in [-0.05, 0) is 17.5 Å². The summed E-state index contributed by atoms with van der Waals surface area (Å²) < 4.78 is 4.89. The molecule has 0 aliphatic heterocycles. The van der Waals surface area contributed by atoms with Crippen molar-refractivity contribution in [2.75, 3.05) is 7.11 Å². The second kappa shape index (κ2) is 5.34. The van der Waals surface area contributed by atoms with E-state index >= 15 is 0 Å². The van der Waals surface area contributed by atoms with Crippen LogP contribution in [0.1, 0.15) is 23.5 Å². The molecule has 0 amide bonds. The van der Waals surface area contributed by atoms with Crippen LogP contribution in [0.15, 0.2) is 60.7 Å². The van der Waals surface area contributed by atoms with Crippen LogP contribution in [-0.2, 0) is 15.1 Å². The number of esters is 1. The summed E-state index contributed by atoms with van der Waals surface area (Å²) in [4.78, 5) is 12.0. The molecule has 1 saturated carbocycles. The van der Waals surface area contributed by atoms with Crippen LogP contribution >= 0.6 is 0 Å². The number of rotatable bonds is 3. The average Bonchev–Trinajstić information content (AvgIpc) is 2.53. The molecule has 1 N–H and O–H groups in total. The molecule has 1 aliphatic carbocycles. The van der Waals surface area contributed by atoms with Gasteiger partial charge in [-0.3, -0.25) is 4.79 Å². The maximum Gasteiger partial charge on any atom is 0.309 e. The second-order valence-corrected chi connectivity index (χ2v) is 5.51. The van der Waals surface area contributed by atoms with Crippen molar-refractivity contribution in [1.29, 1.82) is 0 Å². The fourth-order valence-electron chi connectivity index (χ4n) is 3.32. The lowest BCUT2D eigenvalue weighted by molar-refractivity contribution is -0.169. The van der Waals surface area contributed by atoms with Crippen LogP contribution in [0.2, 0.25) is 0 Å². The predicted octanol–water partition coefficient (Wildman–Crippen LogP) is 2.85. The monoisotopic (exact) mass is 282 g/mol. The number of carbonyl (C=O) groups is 1. The van der Waals surface area contributed by atoms with Gasteiger partial charge in [-0.15, -0.1) is 0 Å². The van der Waals surface area contributed by atoms with E-state index < -0.39 is 5.60 Å². The smallest absolute Gasteiger partial charge is 0.309 e. The van der Waals surface area contributed by atoms with Crippen LogP contribution in [0.3, 0.4) is 0 Å². The zero-order valence-electron chi connectivity index (χ0n) is 11.9. The first-order chi connectivity index (χ1) is 10.2. The Morgan fingerprint density at radius 3 is 2.24 bits per heavy atom. The van der Waals surface area contributed by atoms with Crippen molar-refractivity contribution < 1.29 is 14.6 Å². The van der Waals surface area contributed by atoms with E-state index in [0.29, 0.717) is 6.42 Å². The highest BCUT2D eigenvalue weighted by molar-refractivity contribution is 5.76. The number of hydrogen-bond acceptors (Lipinski definition) is 3. The van der Waals surface area contributed by atoms with Crippen LogP contribution < -0.4 is 0 Å². The van der Waals surface area contributed by atoms with E-state index in [2.05, 4.69) is 0 Å². The Morgan fingerprint density at radius 1 is 1.10 bits per heavy atom. The molecule has 108 valence electrons. The highest BCUT2D eigenvalue weighted by Gasteiger charge is 2.57. The fourth-order valence-corrected chi connectivity index (χ4v) is 3.32. The van der Waals surface area contributed by atoms with Gasteiger partial charge in [0, 0.05) is 5.92 Å². The number of hydrogen-bond donors (Lipinski definition) is 1. The predicted molar refractivity (Wildman–Crippen MR) is 79.6 cm³/mol. The summed E-state index contributed by atoms with van der Waals surface area (Å²) in [5.41, 5.74) is 0.797. The first-order valence-electron chi connectivity index (χ1n) is 7.07. The number of aliphatic hydroxyl groups is 1. The summed E-state index contributed by atoms with van der Waals surface area (Å²) >= 11 is 0. The summed E-state index contributed by atoms with van der Waals surface area (Å²) in [7, 11) is 1.39. The van der Waals surface area contributed by atoms with E-state index in [9.17, 15) is 9.90 Å². The lowest BCUT2D eigenvalue weighted by Gasteiger charge is -2.51. The SMILES string of the molecule is COC(=O)[C@H]1C[C@@](O)(c2ccccc2)[C@@H]1c1ccccc1. The zero-order chi connectivity index (χ0) is 14.9. The molecule has 0 heterocycles. The first-order valence-corrected chi connectivity index (χ1v) is 7.07. The molecule has 0 spiro atoms. The summed E-state index contributed by atoms with van der Waals surface area (Å²) in [6, 6.07) is 19.2. The van der Waals surface area contributed by atoms with Gasteiger partial charge in [-0.1, -0.05) is 60.7 Å². The first kappa shape index (κ1) is 13.8. The molecule has 3 nitrogen and oxygen atoms in total. The Hall–Kier alpha value is -2.13. The molecule has 3 rings (SSSR count). The minimum Gasteiger partial charge on any atom is -0.469 e. The van der Waals surface area contributed by atoms with Crippen molar-refractivity contribution in [3.05, 3.63) is 71.8 Å². The lowest BCUT2D eigenvalue weighted by atomic mass is 9.56. The molecule has 2 aromatic rings. The molecule has 0 bridgehead atoms. The average molecular weight is 282 g/mol. The highest BCUT2D eigenvalue weighted by Crippen LogP contribution is 2.56. The van der Waals surface area contributed by atoms with Gasteiger partial charge >= 0.3 is 5.97 Å². The Kier molecular flexibility index (Phi) is 3.52. The molecular weight excluding hydrogens is 264 g/mol. The van der Waals surface area contributed by atoms with Crippen molar-refractivity contribution in [2.24, 2.45) is 5.92 Å². The van der Waals surface area contributed by atoms with Crippen LogP contribution in [0.25, 0.3) is 0 Å². The molecule has 0 unspecified atom stereocenters. The van der Waals surface area contributed by atoms with Crippen molar-refractivity contribution in [3.8, 4) is 0 Å². The quantitative estimate of drug-likeness (QED) is 0.881. The largest absolute Gasteiger partial charge is 0.469 e. The van der Waals surface area contributed by atoms with Crippen LogP contribution in [0, 0.1) is 5.92 Å². The molecule has 21 heavy (non-hydrogen) atoms. The van der Waals surface area contributed by atoms with Gasteiger partial charge in [0.15, 0.2) is 0 Å². The Labute approximate surface area is 124 Å². The van der Waals surface area contributed by atoms with E-state index in [1.165, 1.54) is 7.11 Å². The third kappa shape index (κ3) is 2.24. The van der Waals surface area contributed by atoms with Gasteiger partial charge in [-0.25, -0.2) is 0 Å². The number of carbonyl (C=O) groups excluding carboxylic acids is 1. The molecule has 3 atom stereocenters. The molecule has 2 aromatic carbocycles. The summed E-state index contributed by atoms with van der Waals surface area (Å²) in [6.45, 7) is 0. The van der Waals surface area contributed by atoms with Gasteiger partial charge in [0.25, 0.3) is 0 Å². The molecule has 0 radical (unpaired) electrons. The number of ether oxygens (including phenoxy) is 1. The molecule has 0 aromatic heterocycles. The summed E-state index contributed by atoms with van der Waals surface area (Å²) in [5.74, 6) is -0.833. The number of methoxy groups -OCH3 is 1. The Morgan fingerprint density at radius 2 is 1.67 bits per heavy atom. The van der Waals surface area contributed by atoms with E-state index in [1.54, 1.807) is 0 Å². The van der Waals surface area contributed by atoms with E-state index in [0.717, 1.165) is 11.1 Å². The van der Waals surface area contributed by atoms with Crippen molar-refractivity contribution in [1.82, 2.24) is 0 Å². The van der Waals surface area contributed by atoms with Gasteiger partial charge in [-0.2, -0.15) is 0 Å². The fraction of sp³-hybridized carbons (Fsp3) is 0.278. The van der Waals surface area contributed by atoms with Crippen molar-refractivity contribution in [3.63, 3.8) is 0 Å². The molecule has 1 aliphatic rings. The third-order valence-electron chi connectivity index (χ3n) is 4.38. The van der Waals surface area contributed by atoms with Crippen molar-refractivity contribution in [2.45, 2.75) is 17.9 Å². The molecule has 0 saturated heterocycles. The summed E-state index contributed by atoms with van der Waals surface area (Å²) in [6.07, 6.45) is 0.392. The maximum absolute atomic E-state index is 12.0. The zero-order valence-corrected chi connectivity index (χ0v) is 11.9. The molecule has 1 fully saturated rings.